The number of thiophene rings is 1. The van der Waals surface area contributed by atoms with Crippen molar-refractivity contribution in [1.29, 1.82) is 0 Å². The maximum Gasteiger partial charge on any atom is 0.261 e. The smallest absolute Gasteiger partial charge is 0.261 e. The van der Waals surface area contributed by atoms with Crippen molar-refractivity contribution in [1.82, 2.24) is 10.3 Å². The molecule has 0 radical (unpaired) electrons. The Morgan fingerprint density at radius 1 is 1.12 bits per heavy atom. The van der Waals surface area contributed by atoms with Crippen LogP contribution >= 0.6 is 22.7 Å². The second-order valence-electron chi connectivity index (χ2n) is 5.04. The topological polar surface area (TPSA) is 71.1 Å². The summed E-state index contributed by atoms with van der Waals surface area (Å²) in [7, 11) is 0. The number of rotatable bonds is 5. The van der Waals surface area contributed by atoms with Crippen molar-refractivity contribution in [2.24, 2.45) is 0 Å². The lowest BCUT2D eigenvalue weighted by molar-refractivity contribution is -0.114. The van der Waals surface area contributed by atoms with E-state index in [4.69, 9.17) is 0 Å². The summed E-state index contributed by atoms with van der Waals surface area (Å²) in [6.45, 7) is 1.81. The van der Waals surface area contributed by atoms with Gasteiger partial charge in [-0.2, -0.15) is 0 Å². The third-order valence-electron chi connectivity index (χ3n) is 3.13. The highest BCUT2D eigenvalue weighted by Crippen LogP contribution is 2.24. The molecule has 2 aromatic heterocycles. The fourth-order valence-electron chi connectivity index (χ4n) is 2.06. The maximum absolute atomic E-state index is 12.2. The van der Waals surface area contributed by atoms with Crippen molar-refractivity contribution in [3.63, 3.8) is 0 Å². The van der Waals surface area contributed by atoms with E-state index >= 15 is 0 Å². The van der Waals surface area contributed by atoms with Crippen LogP contribution in [0.5, 0.6) is 0 Å². The summed E-state index contributed by atoms with van der Waals surface area (Å²) in [5, 5.41) is 9.05. The molecule has 0 spiro atoms. The van der Waals surface area contributed by atoms with E-state index in [1.807, 2.05) is 35.7 Å². The van der Waals surface area contributed by atoms with Gasteiger partial charge < -0.3 is 10.6 Å². The van der Waals surface area contributed by atoms with Gasteiger partial charge in [0.1, 0.15) is 5.01 Å². The Bertz CT molecular complexity index is 856. The summed E-state index contributed by atoms with van der Waals surface area (Å²) in [6.07, 6.45) is 0. The van der Waals surface area contributed by atoms with Crippen molar-refractivity contribution in [2.75, 3.05) is 5.32 Å². The second-order valence-corrected chi connectivity index (χ2v) is 6.98. The molecule has 0 aliphatic rings. The van der Waals surface area contributed by atoms with E-state index in [1.54, 1.807) is 23.5 Å². The summed E-state index contributed by atoms with van der Waals surface area (Å²) >= 11 is 2.80. The number of nitrogens with one attached hydrogen (secondary N) is 2. The van der Waals surface area contributed by atoms with Gasteiger partial charge in [-0.25, -0.2) is 4.98 Å². The number of nitrogens with zero attached hydrogens (tertiary/aromatic N) is 1. The number of aromatic nitrogens is 1. The zero-order chi connectivity index (χ0) is 16.9. The molecule has 24 heavy (non-hydrogen) atoms. The van der Waals surface area contributed by atoms with Gasteiger partial charge in [-0.05, 0) is 12.1 Å². The van der Waals surface area contributed by atoms with Crippen LogP contribution in [0.4, 0.5) is 5.00 Å². The Morgan fingerprint density at radius 3 is 2.67 bits per heavy atom. The molecule has 0 unspecified atom stereocenters. The van der Waals surface area contributed by atoms with E-state index < -0.39 is 0 Å². The lowest BCUT2D eigenvalue weighted by Crippen LogP contribution is -2.21. The molecule has 1 aromatic carbocycles. The van der Waals surface area contributed by atoms with E-state index in [2.05, 4.69) is 15.6 Å². The van der Waals surface area contributed by atoms with E-state index in [9.17, 15) is 9.59 Å². The molecule has 0 saturated carbocycles. The lowest BCUT2D eigenvalue weighted by Gasteiger charge is -2.01. The normalized spacial score (nSPS) is 10.4. The molecule has 0 saturated heterocycles. The van der Waals surface area contributed by atoms with Gasteiger partial charge in [-0.3, -0.25) is 9.59 Å². The average molecular weight is 357 g/mol. The molecule has 3 rings (SSSR count). The number of carbonyl (C=O) groups excluding carboxylic acids is 2. The largest absolute Gasteiger partial charge is 0.346 e. The summed E-state index contributed by atoms with van der Waals surface area (Å²) in [4.78, 5) is 28.3. The van der Waals surface area contributed by atoms with Crippen LogP contribution in [0.15, 0.2) is 47.8 Å². The van der Waals surface area contributed by atoms with Gasteiger partial charge in [0.25, 0.3) is 5.91 Å². The number of benzene rings is 1. The second kappa shape index (κ2) is 7.37. The van der Waals surface area contributed by atoms with Crippen molar-refractivity contribution in [3.05, 3.63) is 58.4 Å². The lowest BCUT2D eigenvalue weighted by atomic mass is 10.2. The van der Waals surface area contributed by atoms with Crippen LogP contribution in [-0.4, -0.2) is 16.8 Å². The third-order valence-corrected chi connectivity index (χ3v) is 5.07. The fourth-order valence-corrected chi connectivity index (χ4v) is 3.75. The quantitative estimate of drug-likeness (QED) is 0.730. The summed E-state index contributed by atoms with van der Waals surface area (Å²) in [6, 6.07) is 13.4. The minimum absolute atomic E-state index is 0.153. The van der Waals surface area contributed by atoms with E-state index in [1.165, 1.54) is 18.3 Å². The van der Waals surface area contributed by atoms with Gasteiger partial charge in [0.05, 0.1) is 22.1 Å². The Labute approximate surface area is 147 Å². The fraction of sp³-hybridized carbons (Fsp3) is 0.118. The third kappa shape index (κ3) is 4.06. The van der Waals surface area contributed by atoms with Crippen molar-refractivity contribution < 1.29 is 9.59 Å². The molecule has 2 amide bonds. The molecule has 2 heterocycles. The molecule has 0 aliphatic carbocycles. The number of hydrogen-bond donors (Lipinski definition) is 2. The van der Waals surface area contributed by atoms with Gasteiger partial charge in [0.15, 0.2) is 0 Å². The van der Waals surface area contributed by atoms with Crippen LogP contribution in [0.3, 0.4) is 0 Å². The van der Waals surface area contributed by atoms with Crippen LogP contribution in [0, 0.1) is 0 Å². The molecule has 0 atom stereocenters. The average Bonchev–Trinajstić information content (AvgIpc) is 3.22. The standard InChI is InChI=1S/C17H15N3O2S2/c1-11(21)19-15-8-7-14(24-15)16(22)18-9-13-10-23-17(20-13)12-5-3-2-4-6-12/h2-8,10H,9H2,1H3,(H,18,22)(H,19,21). The van der Waals surface area contributed by atoms with Crippen LogP contribution in [0.25, 0.3) is 10.6 Å². The first-order valence-electron chi connectivity index (χ1n) is 7.27. The van der Waals surface area contributed by atoms with Gasteiger partial charge in [0.2, 0.25) is 5.91 Å². The minimum Gasteiger partial charge on any atom is -0.346 e. The van der Waals surface area contributed by atoms with Gasteiger partial charge in [-0.1, -0.05) is 30.3 Å². The van der Waals surface area contributed by atoms with Crippen molar-refractivity contribution >= 4 is 39.5 Å². The predicted molar refractivity (Wildman–Crippen MR) is 97.3 cm³/mol. The number of anilines is 1. The van der Waals surface area contributed by atoms with Crippen molar-refractivity contribution in [3.8, 4) is 10.6 Å². The summed E-state index contributed by atoms with van der Waals surface area (Å²) in [5.41, 5.74) is 1.89. The first kappa shape index (κ1) is 16.4. The zero-order valence-electron chi connectivity index (χ0n) is 12.9. The van der Waals surface area contributed by atoms with Crippen molar-refractivity contribution in [2.45, 2.75) is 13.5 Å². The Balaban J connectivity index is 1.59. The van der Waals surface area contributed by atoms with Crippen LogP contribution in [0.1, 0.15) is 22.3 Å². The molecule has 0 fully saturated rings. The minimum atomic E-state index is -0.175. The van der Waals surface area contributed by atoms with Gasteiger partial charge in [-0.15, -0.1) is 22.7 Å². The van der Waals surface area contributed by atoms with Crippen LogP contribution < -0.4 is 10.6 Å². The molecule has 2 N–H and O–H groups in total. The number of thiazole rings is 1. The summed E-state index contributed by atoms with van der Waals surface area (Å²) in [5.74, 6) is -0.328. The summed E-state index contributed by atoms with van der Waals surface area (Å²) < 4.78 is 0. The maximum atomic E-state index is 12.2. The molecule has 7 heteroatoms. The first-order chi connectivity index (χ1) is 11.6. The highest BCUT2D eigenvalue weighted by atomic mass is 32.1. The first-order valence-corrected chi connectivity index (χ1v) is 8.97. The number of carbonyl (C=O) groups is 2. The predicted octanol–water partition coefficient (Wildman–Crippen LogP) is 3.76. The Kier molecular flexibility index (Phi) is 5.02. The molecular formula is C17H15N3O2S2. The molecule has 0 bridgehead atoms. The highest BCUT2D eigenvalue weighted by Gasteiger charge is 2.11. The monoisotopic (exact) mass is 357 g/mol. The molecule has 122 valence electrons. The van der Waals surface area contributed by atoms with Crippen LogP contribution in [-0.2, 0) is 11.3 Å². The molecular weight excluding hydrogens is 342 g/mol. The van der Waals surface area contributed by atoms with E-state index in [-0.39, 0.29) is 11.8 Å². The molecule has 5 nitrogen and oxygen atoms in total. The van der Waals surface area contributed by atoms with E-state index in [0.29, 0.717) is 16.4 Å². The Hall–Kier alpha value is -2.51. The number of hydrogen-bond acceptors (Lipinski definition) is 5. The van der Waals surface area contributed by atoms with Gasteiger partial charge >= 0.3 is 0 Å². The molecule has 3 aromatic rings. The van der Waals surface area contributed by atoms with Gasteiger partial charge in [0, 0.05) is 17.9 Å². The Morgan fingerprint density at radius 2 is 1.92 bits per heavy atom. The number of amides is 2. The molecule has 0 aliphatic heterocycles. The zero-order valence-corrected chi connectivity index (χ0v) is 14.5. The van der Waals surface area contributed by atoms with E-state index in [0.717, 1.165) is 16.3 Å². The highest BCUT2D eigenvalue weighted by molar-refractivity contribution is 7.18. The van der Waals surface area contributed by atoms with Crippen LogP contribution in [0.2, 0.25) is 0 Å². The SMILES string of the molecule is CC(=O)Nc1ccc(C(=O)NCc2csc(-c3ccccc3)n2)s1.